The number of ether oxygens (including phenoxy) is 1. The Hall–Kier alpha value is -3.40. The van der Waals surface area contributed by atoms with E-state index in [0.717, 1.165) is 29.0 Å². The van der Waals surface area contributed by atoms with Gasteiger partial charge in [-0.15, -0.1) is 0 Å². The average molecular weight is 483 g/mol. The molecule has 3 heterocycles. The highest BCUT2D eigenvalue weighted by molar-refractivity contribution is 6.08. The molecular weight excluding hydrogens is 448 g/mol. The second-order valence-corrected chi connectivity index (χ2v) is 9.90. The second-order valence-electron chi connectivity index (χ2n) is 9.90. The third kappa shape index (κ3) is 3.76. The number of aromatic hydroxyl groups is 1. The topological polar surface area (TPSA) is 112 Å². The van der Waals surface area contributed by atoms with Gasteiger partial charge in [-0.3, -0.25) is 9.69 Å². The van der Waals surface area contributed by atoms with Crippen LogP contribution in [0.3, 0.4) is 0 Å². The maximum atomic E-state index is 13.7. The minimum absolute atomic E-state index is 0.0554. The fourth-order valence-electron chi connectivity index (χ4n) is 4.76. The number of fused-ring (bicyclic) bond motifs is 2. The molecular formula is C25H34N6O4. The minimum Gasteiger partial charge on any atom is -0.493 e. The Bertz CT molecular complexity index is 1260. The van der Waals surface area contributed by atoms with Gasteiger partial charge >= 0.3 is 6.03 Å². The standard InChI is InChI=1S/C25H34N6O4/c1-8-29(9-2)17-10-11-18(15(3)14-17)30-23(34)26-12-13-35-25(30)21(24(5,6)7)28-31-20(33)16(4)19(32)27-22(25)31/h10-11,14,32H,8-9,12-13H2,1-7H3,(H,26,34). The number of hydrogen-bond acceptors (Lipinski definition) is 7. The van der Waals surface area contributed by atoms with Gasteiger partial charge in [0, 0.05) is 30.7 Å². The van der Waals surface area contributed by atoms with Crippen molar-refractivity contribution in [1.29, 1.82) is 0 Å². The number of carbonyl (C=O) groups excluding carboxylic acids is 1. The molecule has 2 amide bonds. The van der Waals surface area contributed by atoms with Crippen molar-refractivity contribution in [3.05, 3.63) is 45.5 Å². The number of hydrogen-bond donors (Lipinski definition) is 2. The lowest BCUT2D eigenvalue weighted by Gasteiger charge is -2.42. The number of anilines is 2. The number of urea groups is 1. The molecule has 2 aliphatic rings. The molecule has 1 unspecified atom stereocenters. The lowest BCUT2D eigenvalue weighted by atomic mass is 9.82. The maximum absolute atomic E-state index is 13.7. The Morgan fingerprint density at radius 3 is 2.49 bits per heavy atom. The van der Waals surface area contributed by atoms with Crippen molar-refractivity contribution in [2.75, 3.05) is 36.0 Å². The third-order valence-corrected chi connectivity index (χ3v) is 6.55. The van der Waals surface area contributed by atoms with E-state index in [9.17, 15) is 14.7 Å². The fraction of sp³-hybridized carbons (Fsp3) is 0.520. The molecule has 10 heteroatoms. The molecule has 4 rings (SSSR count). The Morgan fingerprint density at radius 2 is 1.89 bits per heavy atom. The zero-order chi connectivity index (χ0) is 25.7. The summed E-state index contributed by atoms with van der Waals surface area (Å²) in [5.74, 6) is -0.354. The zero-order valence-electron chi connectivity index (χ0n) is 21.5. The number of aromatic nitrogens is 2. The smallest absolute Gasteiger partial charge is 0.325 e. The van der Waals surface area contributed by atoms with Gasteiger partial charge < -0.3 is 20.1 Å². The van der Waals surface area contributed by atoms with Gasteiger partial charge in [-0.1, -0.05) is 20.8 Å². The van der Waals surface area contributed by atoms with Gasteiger partial charge in [0.2, 0.25) is 5.88 Å². The van der Waals surface area contributed by atoms with E-state index in [-0.39, 0.29) is 24.5 Å². The summed E-state index contributed by atoms with van der Waals surface area (Å²) in [6, 6.07) is 5.48. The van der Waals surface area contributed by atoms with E-state index in [1.165, 1.54) is 11.8 Å². The van der Waals surface area contributed by atoms with Gasteiger partial charge in [-0.25, -0.2) is 4.79 Å². The Kier molecular flexibility index (Phi) is 6.12. The number of benzene rings is 1. The number of amides is 2. The molecule has 1 aromatic carbocycles. The van der Waals surface area contributed by atoms with Crippen LogP contribution in [0.5, 0.6) is 5.88 Å². The van der Waals surface area contributed by atoms with Crippen LogP contribution in [0.25, 0.3) is 0 Å². The van der Waals surface area contributed by atoms with Crippen molar-refractivity contribution < 1.29 is 14.6 Å². The highest BCUT2D eigenvalue weighted by Gasteiger charge is 2.59. The molecule has 35 heavy (non-hydrogen) atoms. The highest BCUT2D eigenvalue weighted by Crippen LogP contribution is 2.45. The maximum Gasteiger partial charge on any atom is 0.325 e. The monoisotopic (exact) mass is 482 g/mol. The van der Waals surface area contributed by atoms with Gasteiger partial charge in [0.25, 0.3) is 11.3 Å². The van der Waals surface area contributed by atoms with Crippen LogP contribution in [-0.4, -0.2) is 52.8 Å². The molecule has 1 aromatic heterocycles. The van der Waals surface area contributed by atoms with E-state index in [0.29, 0.717) is 11.4 Å². The summed E-state index contributed by atoms with van der Waals surface area (Å²) in [6.07, 6.45) is 0. The van der Waals surface area contributed by atoms with E-state index in [4.69, 9.17) is 4.74 Å². The minimum atomic E-state index is -1.62. The number of rotatable bonds is 4. The van der Waals surface area contributed by atoms with Gasteiger partial charge in [0.1, 0.15) is 5.71 Å². The van der Waals surface area contributed by atoms with E-state index in [1.807, 2.05) is 45.9 Å². The molecule has 188 valence electrons. The van der Waals surface area contributed by atoms with Crippen molar-refractivity contribution in [1.82, 2.24) is 15.0 Å². The molecule has 2 N–H and O–H groups in total. The van der Waals surface area contributed by atoms with E-state index in [2.05, 4.69) is 34.1 Å². The first-order chi connectivity index (χ1) is 16.5. The molecule has 0 radical (unpaired) electrons. The fourth-order valence-corrected chi connectivity index (χ4v) is 4.76. The number of carbonyl (C=O) groups is 1. The molecule has 10 nitrogen and oxygen atoms in total. The first-order valence-corrected chi connectivity index (χ1v) is 12.0. The molecule has 1 fully saturated rings. The van der Waals surface area contributed by atoms with Crippen LogP contribution in [0.1, 0.15) is 51.6 Å². The van der Waals surface area contributed by atoms with E-state index < -0.39 is 28.6 Å². The highest BCUT2D eigenvalue weighted by atomic mass is 16.5. The van der Waals surface area contributed by atoms with Gasteiger partial charge in [0.15, 0.2) is 5.82 Å². The number of nitrogens with zero attached hydrogens (tertiary/aromatic N) is 5. The van der Waals surface area contributed by atoms with Gasteiger partial charge in [-0.2, -0.15) is 14.8 Å². The largest absolute Gasteiger partial charge is 0.493 e. The molecule has 1 spiro atoms. The predicted molar refractivity (Wildman–Crippen MR) is 135 cm³/mol. The molecule has 2 aliphatic heterocycles. The molecule has 0 bridgehead atoms. The van der Waals surface area contributed by atoms with Crippen LogP contribution in [0.4, 0.5) is 16.2 Å². The van der Waals surface area contributed by atoms with Crippen LogP contribution in [0, 0.1) is 19.3 Å². The summed E-state index contributed by atoms with van der Waals surface area (Å²) in [7, 11) is 0. The van der Waals surface area contributed by atoms with Crippen molar-refractivity contribution in [3.8, 4) is 5.88 Å². The molecule has 0 saturated carbocycles. The van der Waals surface area contributed by atoms with Crippen LogP contribution < -0.4 is 20.7 Å². The van der Waals surface area contributed by atoms with Crippen LogP contribution >= 0.6 is 0 Å². The summed E-state index contributed by atoms with van der Waals surface area (Å²) in [4.78, 5) is 34.9. The predicted octanol–water partition coefficient (Wildman–Crippen LogP) is 3.07. The summed E-state index contributed by atoms with van der Waals surface area (Å²) in [6.45, 7) is 15.6. The third-order valence-electron chi connectivity index (χ3n) is 6.55. The van der Waals surface area contributed by atoms with Crippen molar-refractivity contribution in [2.24, 2.45) is 10.5 Å². The Balaban J connectivity index is 2.04. The summed E-state index contributed by atoms with van der Waals surface area (Å²) in [5.41, 5.74) is 0.274. The van der Waals surface area contributed by atoms with Crippen LogP contribution in [0.2, 0.25) is 0 Å². The van der Waals surface area contributed by atoms with Crippen LogP contribution in [-0.2, 0) is 10.5 Å². The van der Waals surface area contributed by atoms with E-state index >= 15 is 0 Å². The lowest BCUT2D eigenvalue weighted by Crippen LogP contribution is -2.59. The van der Waals surface area contributed by atoms with Crippen molar-refractivity contribution >= 4 is 23.1 Å². The average Bonchev–Trinajstić information content (AvgIpc) is 3.02. The van der Waals surface area contributed by atoms with Crippen molar-refractivity contribution in [2.45, 2.75) is 54.2 Å². The Labute approximate surface area is 205 Å². The quantitative estimate of drug-likeness (QED) is 0.693. The first-order valence-electron chi connectivity index (χ1n) is 12.0. The number of aryl methyl sites for hydroxylation is 1. The normalized spacial score (nSPS) is 19.9. The molecule has 1 atom stereocenters. The van der Waals surface area contributed by atoms with Gasteiger partial charge in [-0.05, 0) is 51.5 Å². The molecule has 1 saturated heterocycles. The molecule has 2 aromatic rings. The summed E-state index contributed by atoms with van der Waals surface area (Å²) >= 11 is 0. The second kappa shape index (κ2) is 8.67. The van der Waals surface area contributed by atoms with Crippen LogP contribution in [0.15, 0.2) is 28.1 Å². The lowest BCUT2D eigenvalue weighted by molar-refractivity contribution is 0.00873. The SMILES string of the molecule is CCN(CC)c1ccc(N2C(=O)NCCOC23C(C(C)(C)C)=Nn2c3nc(O)c(C)c2=O)c(C)c1. The van der Waals surface area contributed by atoms with Gasteiger partial charge in [0.05, 0.1) is 17.9 Å². The number of nitrogens with one attached hydrogen (secondary N) is 1. The summed E-state index contributed by atoms with van der Waals surface area (Å²) < 4.78 is 7.60. The van der Waals surface area contributed by atoms with Crippen molar-refractivity contribution in [3.63, 3.8) is 0 Å². The zero-order valence-corrected chi connectivity index (χ0v) is 21.5. The first kappa shape index (κ1) is 24.7. The Morgan fingerprint density at radius 1 is 1.20 bits per heavy atom. The summed E-state index contributed by atoms with van der Waals surface area (Å²) in [5, 5.41) is 18.1. The molecule has 0 aliphatic carbocycles. The van der Waals surface area contributed by atoms with E-state index in [1.54, 1.807) is 0 Å².